The molecule has 0 radical (unpaired) electrons. The lowest BCUT2D eigenvalue weighted by atomic mass is 9.80. The molecule has 5 rings (SSSR count). The summed E-state index contributed by atoms with van der Waals surface area (Å²) in [6.45, 7) is 9.51. The van der Waals surface area contributed by atoms with Crippen molar-refractivity contribution in [3.8, 4) is 5.69 Å². The number of nitrogens with zero attached hydrogens (tertiary/aromatic N) is 4. The summed E-state index contributed by atoms with van der Waals surface area (Å²) in [4.78, 5) is 31.6. The number of unbranched alkanes of at least 4 members (excludes halogenated alkanes) is 1. The zero-order valence-electron chi connectivity index (χ0n) is 24.5. The van der Waals surface area contributed by atoms with Gasteiger partial charge in [-0.15, -0.1) is 0 Å². The van der Waals surface area contributed by atoms with Crippen molar-refractivity contribution in [3.63, 3.8) is 0 Å². The maximum atomic E-state index is 13.7. The number of aryl methyl sites for hydroxylation is 1. The molecular formula is C32H47N5O3. The molecular weight excluding hydrogens is 502 g/mol. The van der Waals surface area contributed by atoms with Crippen LogP contribution in [-0.4, -0.2) is 74.3 Å². The Balaban J connectivity index is 1.24. The number of benzene rings is 1. The minimum atomic E-state index is -0.809. The van der Waals surface area contributed by atoms with Crippen LogP contribution in [0.15, 0.2) is 30.3 Å². The number of rotatable bonds is 9. The van der Waals surface area contributed by atoms with Crippen LogP contribution >= 0.6 is 0 Å². The average molecular weight is 550 g/mol. The second-order valence-electron chi connectivity index (χ2n) is 12.2. The highest BCUT2D eigenvalue weighted by molar-refractivity contribution is 5.97. The first-order valence-corrected chi connectivity index (χ1v) is 15.5. The topological polar surface area (TPSA) is 90.7 Å². The van der Waals surface area contributed by atoms with E-state index in [4.69, 9.17) is 5.10 Å². The fourth-order valence-electron chi connectivity index (χ4n) is 7.16. The molecule has 2 saturated heterocycles. The lowest BCUT2D eigenvalue weighted by Crippen LogP contribution is -2.69. The standard InChI is InChI=1S/C32H47N5O3/c1-4-5-18-36-29(31(39)33-28(32(36)40)30(38)25-12-8-6-9-13-25)24-16-19-35(20-17-24)21-27-22(2)34-37(23(27)3)26-14-10-7-11-15-26/h7,10-11,14-15,24-25,28-30,38H,4-6,8-9,12-13,16-21H2,1-3H3,(H,33,39)/t28-,29?,30?/m1/s1. The van der Waals surface area contributed by atoms with Crippen LogP contribution in [0.2, 0.25) is 0 Å². The third kappa shape index (κ3) is 5.98. The van der Waals surface area contributed by atoms with E-state index in [1.807, 2.05) is 27.8 Å². The van der Waals surface area contributed by atoms with Crippen LogP contribution < -0.4 is 5.32 Å². The van der Waals surface area contributed by atoms with Gasteiger partial charge in [0.2, 0.25) is 11.8 Å². The van der Waals surface area contributed by atoms with E-state index >= 15 is 0 Å². The SMILES string of the molecule is CCCCN1C(=O)[C@@H](C(O)C2CCCCC2)NC(=O)C1C1CCN(Cc2c(C)nn(-c3ccccc3)c2C)CC1. The third-order valence-corrected chi connectivity index (χ3v) is 9.58. The van der Waals surface area contributed by atoms with Crippen molar-refractivity contribution in [3.05, 3.63) is 47.3 Å². The number of hydrogen-bond donors (Lipinski definition) is 2. The Hall–Kier alpha value is -2.71. The van der Waals surface area contributed by atoms with Gasteiger partial charge in [-0.2, -0.15) is 5.10 Å². The number of para-hydroxylation sites is 1. The van der Waals surface area contributed by atoms with Crippen LogP contribution in [0.5, 0.6) is 0 Å². The van der Waals surface area contributed by atoms with E-state index in [2.05, 4.69) is 43.1 Å². The smallest absolute Gasteiger partial charge is 0.248 e. The van der Waals surface area contributed by atoms with E-state index in [0.29, 0.717) is 6.54 Å². The number of aromatic nitrogens is 2. The van der Waals surface area contributed by atoms with Crippen LogP contribution in [0.4, 0.5) is 0 Å². The highest BCUT2D eigenvalue weighted by Gasteiger charge is 2.48. The van der Waals surface area contributed by atoms with E-state index in [9.17, 15) is 14.7 Å². The first-order valence-electron chi connectivity index (χ1n) is 15.5. The number of piperazine rings is 1. The Morgan fingerprint density at radius 1 is 1.02 bits per heavy atom. The van der Waals surface area contributed by atoms with Crippen molar-refractivity contribution in [1.29, 1.82) is 0 Å². The Morgan fingerprint density at radius 2 is 1.73 bits per heavy atom. The van der Waals surface area contributed by atoms with Crippen LogP contribution in [0.3, 0.4) is 0 Å². The fourth-order valence-corrected chi connectivity index (χ4v) is 7.16. The Kier molecular flexibility index (Phi) is 9.26. The van der Waals surface area contributed by atoms with Crippen LogP contribution in [-0.2, 0) is 16.1 Å². The summed E-state index contributed by atoms with van der Waals surface area (Å²) in [5.74, 6) is 0.0519. The second-order valence-corrected chi connectivity index (χ2v) is 12.2. The molecule has 0 spiro atoms. The molecule has 8 nitrogen and oxygen atoms in total. The van der Waals surface area contributed by atoms with Gasteiger partial charge in [-0.1, -0.05) is 50.8 Å². The number of hydrogen-bond acceptors (Lipinski definition) is 5. The van der Waals surface area contributed by atoms with Gasteiger partial charge in [0.1, 0.15) is 12.1 Å². The maximum Gasteiger partial charge on any atom is 0.248 e. The number of amides is 2. The zero-order valence-corrected chi connectivity index (χ0v) is 24.5. The summed E-state index contributed by atoms with van der Waals surface area (Å²) in [5.41, 5.74) is 4.54. The highest BCUT2D eigenvalue weighted by Crippen LogP contribution is 2.33. The minimum Gasteiger partial charge on any atom is -0.390 e. The van der Waals surface area contributed by atoms with Crippen LogP contribution in [0, 0.1) is 25.7 Å². The van der Waals surface area contributed by atoms with Crippen molar-refractivity contribution >= 4 is 11.8 Å². The van der Waals surface area contributed by atoms with Crippen molar-refractivity contribution < 1.29 is 14.7 Å². The number of piperidine rings is 1. The number of aliphatic hydroxyl groups excluding tert-OH is 1. The minimum absolute atomic E-state index is 0.0789. The van der Waals surface area contributed by atoms with E-state index in [-0.39, 0.29) is 23.7 Å². The van der Waals surface area contributed by atoms with Gasteiger partial charge in [0.25, 0.3) is 0 Å². The lowest BCUT2D eigenvalue weighted by Gasteiger charge is -2.46. The fraction of sp³-hybridized carbons (Fsp3) is 0.656. The molecule has 3 fully saturated rings. The third-order valence-electron chi connectivity index (χ3n) is 9.58. The highest BCUT2D eigenvalue weighted by atomic mass is 16.3. The van der Waals surface area contributed by atoms with Crippen molar-refractivity contribution in [1.82, 2.24) is 24.9 Å². The monoisotopic (exact) mass is 549 g/mol. The first kappa shape index (κ1) is 28.8. The molecule has 40 heavy (non-hydrogen) atoms. The number of carbonyl (C=O) groups excluding carboxylic acids is 2. The van der Waals surface area contributed by atoms with Crippen LogP contribution in [0.1, 0.15) is 81.7 Å². The predicted octanol–water partition coefficient (Wildman–Crippen LogP) is 4.14. The molecule has 1 aliphatic carbocycles. The summed E-state index contributed by atoms with van der Waals surface area (Å²) >= 11 is 0. The summed E-state index contributed by atoms with van der Waals surface area (Å²) in [6, 6.07) is 8.98. The summed E-state index contributed by atoms with van der Waals surface area (Å²) in [7, 11) is 0. The van der Waals surface area contributed by atoms with Gasteiger partial charge in [-0.3, -0.25) is 14.5 Å². The van der Waals surface area contributed by atoms with Gasteiger partial charge in [-0.25, -0.2) is 4.68 Å². The van der Waals surface area contributed by atoms with E-state index < -0.39 is 18.2 Å². The van der Waals surface area contributed by atoms with Gasteiger partial charge in [0.05, 0.1) is 17.5 Å². The largest absolute Gasteiger partial charge is 0.390 e. The van der Waals surface area contributed by atoms with Gasteiger partial charge in [-0.05, 0) is 83.0 Å². The molecule has 2 aliphatic heterocycles. The van der Waals surface area contributed by atoms with E-state index in [1.54, 1.807) is 0 Å². The molecule has 218 valence electrons. The van der Waals surface area contributed by atoms with Gasteiger partial charge in [0.15, 0.2) is 0 Å². The molecule has 1 aromatic carbocycles. The zero-order chi connectivity index (χ0) is 28.2. The lowest BCUT2D eigenvalue weighted by molar-refractivity contribution is -0.157. The average Bonchev–Trinajstić information content (AvgIpc) is 3.26. The molecule has 3 atom stereocenters. The van der Waals surface area contributed by atoms with Gasteiger partial charge >= 0.3 is 0 Å². The van der Waals surface area contributed by atoms with Crippen molar-refractivity contribution in [2.45, 2.75) is 103 Å². The van der Waals surface area contributed by atoms with E-state index in [1.165, 1.54) is 12.0 Å². The van der Waals surface area contributed by atoms with Crippen molar-refractivity contribution in [2.24, 2.45) is 11.8 Å². The number of likely N-dealkylation sites (tertiary alicyclic amines) is 1. The molecule has 1 aromatic heterocycles. The molecule has 1 saturated carbocycles. The van der Waals surface area contributed by atoms with Crippen LogP contribution in [0.25, 0.3) is 5.69 Å². The number of aliphatic hydroxyl groups is 1. The molecule has 2 amide bonds. The molecule has 0 bridgehead atoms. The molecule has 8 heteroatoms. The molecule has 2 unspecified atom stereocenters. The molecule has 3 aliphatic rings. The maximum absolute atomic E-state index is 13.7. The first-order chi connectivity index (χ1) is 19.4. The Bertz CT molecular complexity index is 1150. The molecule has 2 aromatic rings. The number of carbonyl (C=O) groups is 2. The number of nitrogens with one attached hydrogen (secondary N) is 1. The second kappa shape index (κ2) is 12.9. The molecule has 3 heterocycles. The van der Waals surface area contributed by atoms with Gasteiger partial charge in [0, 0.05) is 24.3 Å². The Morgan fingerprint density at radius 3 is 2.40 bits per heavy atom. The van der Waals surface area contributed by atoms with Crippen molar-refractivity contribution in [2.75, 3.05) is 19.6 Å². The summed E-state index contributed by atoms with van der Waals surface area (Å²) in [5, 5.41) is 19.0. The molecule has 2 N–H and O–H groups in total. The normalized spacial score (nSPS) is 24.4. The quantitative estimate of drug-likeness (QED) is 0.491. The Labute approximate surface area is 239 Å². The van der Waals surface area contributed by atoms with E-state index in [0.717, 1.165) is 88.1 Å². The predicted molar refractivity (Wildman–Crippen MR) is 156 cm³/mol. The van der Waals surface area contributed by atoms with Gasteiger partial charge < -0.3 is 15.3 Å². The summed E-state index contributed by atoms with van der Waals surface area (Å²) in [6.07, 6.45) is 7.99. The summed E-state index contributed by atoms with van der Waals surface area (Å²) < 4.78 is 2.03.